The van der Waals surface area contributed by atoms with Gasteiger partial charge in [0, 0.05) is 13.1 Å². The molecule has 0 radical (unpaired) electrons. The number of carbonyl (C=O) groups is 1. The fraction of sp³-hybridized carbons (Fsp3) is 0.611. The van der Waals surface area contributed by atoms with Crippen LogP contribution in [0.5, 0.6) is 0 Å². The monoisotopic (exact) mass is 324 g/mol. The van der Waals surface area contributed by atoms with E-state index in [1.165, 1.54) is 17.5 Å². The molecular weight excluding hydrogens is 296 g/mol. The van der Waals surface area contributed by atoms with Crippen molar-refractivity contribution in [3.05, 3.63) is 35.4 Å². The summed E-state index contributed by atoms with van der Waals surface area (Å²) in [5.74, 6) is 0.877. The highest BCUT2D eigenvalue weighted by Crippen LogP contribution is 2.23. The van der Waals surface area contributed by atoms with Gasteiger partial charge in [0.2, 0.25) is 5.91 Å². The number of piperidine rings is 1. The Labute approximate surface area is 140 Å². The molecular formula is C18H29ClN2O. The van der Waals surface area contributed by atoms with E-state index in [4.69, 9.17) is 5.73 Å². The maximum atomic E-state index is 12.0. The number of nitrogens with two attached hydrogens (primary N) is 1. The lowest BCUT2D eigenvalue weighted by atomic mass is 9.90. The highest BCUT2D eigenvalue weighted by atomic mass is 35.5. The zero-order valence-corrected chi connectivity index (χ0v) is 14.6. The van der Waals surface area contributed by atoms with Gasteiger partial charge in [-0.1, -0.05) is 36.8 Å². The molecule has 0 aliphatic carbocycles. The van der Waals surface area contributed by atoms with E-state index in [0.29, 0.717) is 0 Å². The van der Waals surface area contributed by atoms with Crippen molar-refractivity contribution < 1.29 is 4.79 Å². The summed E-state index contributed by atoms with van der Waals surface area (Å²) in [5, 5.41) is 0. The van der Waals surface area contributed by atoms with E-state index in [-0.39, 0.29) is 24.4 Å². The Morgan fingerprint density at radius 1 is 1.27 bits per heavy atom. The first-order chi connectivity index (χ1) is 10.1. The molecule has 1 aliphatic rings. The summed E-state index contributed by atoms with van der Waals surface area (Å²) in [5.41, 5.74) is 8.58. The second-order valence-electron chi connectivity index (χ2n) is 6.31. The van der Waals surface area contributed by atoms with Crippen LogP contribution in [0.25, 0.3) is 0 Å². The summed E-state index contributed by atoms with van der Waals surface area (Å²) in [4.78, 5) is 14.0. The Kier molecular flexibility index (Phi) is 7.91. The van der Waals surface area contributed by atoms with Crippen molar-refractivity contribution in [2.24, 2.45) is 11.7 Å². The lowest BCUT2D eigenvalue weighted by Gasteiger charge is -2.33. The average Bonchev–Trinajstić information content (AvgIpc) is 2.53. The minimum Gasteiger partial charge on any atom is -0.341 e. The van der Waals surface area contributed by atoms with Crippen LogP contribution in [0.3, 0.4) is 0 Å². The number of nitrogens with zero attached hydrogens (tertiary/aromatic N) is 1. The quantitative estimate of drug-likeness (QED) is 0.903. The predicted octanol–water partition coefficient (Wildman–Crippen LogP) is 3.33. The molecule has 1 heterocycles. The highest BCUT2D eigenvalue weighted by Gasteiger charge is 2.25. The van der Waals surface area contributed by atoms with Crippen molar-refractivity contribution in [3.8, 4) is 0 Å². The van der Waals surface area contributed by atoms with Crippen molar-refractivity contribution in [2.45, 2.75) is 52.0 Å². The predicted molar refractivity (Wildman–Crippen MR) is 94.3 cm³/mol. The first-order valence-corrected chi connectivity index (χ1v) is 8.20. The van der Waals surface area contributed by atoms with Crippen molar-refractivity contribution in [3.63, 3.8) is 0 Å². The Morgan fingerprint density at radius 3 is 2.41 bits per heavy atom. The van der Waals surface area contributed by atoms with Crippen molar-refractivity contribution in [2.75, 3.05) is 13.1 Å². The lowest BCUT2D eigenvalue weighted by Crippen LogP contribution is -2.46. The van der Waals surface area contributed by atoms with Crippen LogP contribution < -0.4 is 5.73 Å². The first-order valence-electron chi connectivity index (χ1n) is 8.20. The fourth-order valence-electron chi connectivity index (χ4n) is 2.98. The molecule has 0 spiro atoms. The van der Waals surface area contributed by atoms with Gasteiger partial charge in [-0.15, -0.1) is 12.4 Å². The van der Waals surface area contributed by atoms with Gasteiger partial charge >= 0.3 is 0 Å². The van der Waals surface area contributed by atoms with Crippen LogP contribution in [0.1, 0.15) is 43.7 Å². The van der Waals surface area contributed by atoms with Gasteiger partial charge in [-0.3, -0.25) is 4.79 Å². The standard InChI is InChI=1S/C18H28N2O.ClH/c1-3-17(19)18(21)20-12-10-16(11-13-20)9-8-15-6-4-14(2)5-7-15;/h4-7,16-17H,3,8-13,19H2,1-2H3;1H/t17-;/m0./s1. The van der Waals surface area contributed by atoms with Crippen LogP contribution in [-0.4, -0.2) is 29.9 Å². The molecule has 2 N–H and O–H groups in total. The minimum absolute atomic E-state index is 0. The molecule has 3 nitrogen and oxygen atoms in total. The highest BCUT2D eigenvalue weighted by molar-refractivity contribution is 5.85. The van der Waals surface area contributed by atoms with Crippen LogP contribution in [0.4, 0.5) is 0 Å². The van der Waals surface area contributed by atoms with Gasteiger partial charge in [0.1, 0.15) is 0 Å². The number of benzene rings is 1. The Bertz CT molecular complexity index is 453. The van der Waals surface area contributed by atoms with E-state index in [2.05, 4.69) is 31.2 Å². The molecule has 1 fully saturated rings. The lowest BCUT2D eigenvalue weighted by molar-refractivity contribution is -0.134. The van der Waals surface area contributed by atoms with E-state index in [1.807, 2.05) is 11.8 Å². The molecule has 1 saturated heterocycles. The molecule has 0 aromatic heterocycles. The minimum atomic E-state index is -0.311. The zero-order chi connectivity index (χ0) is 15.2. The number of carbonyl (C=O) groups excluding carboxylic acids is 1. The van der Waals surface area contributed by atoms with E-state index in [1.54, 1.807) is 0 Å². The summed E-state index contributed by atoms with van der Waals surface area (Å²) in [7, 11) is 0. The van der Waals surface area contributed by atoms with Crippen molar-refractivity contribution in [1.29, 1.82) is 0 Å². The summed E-state index contributed by atoms with van der Waals surface area (Å²) in [6, 6.07) is 8.52. The normalized spacial score (nSPS) is 17.0. The van der Waals surface area contributed by atoms with Crippen molar-refractivity contribution in [1.82, 2.24) is 4.90 Å². The van der Waals surface area contributed by atoms with Gasteiger partial charge in [-0.2, -0.15) is 0 Å². The summed E-state index contributed by atoms with van der Waals surface area (Å²) in [6.07, 6.45) is 5.34. The van der Waals surface area contributed by atoms with Crippen LogP contribution in [0.15, 0.2) is 24.3 Å². The van der Waals surface area contributed by atoms with E-state index < -0.39 is 0 Å². The number of rotatable bonds is 5. The van der Waals surface area contributed by atoms with Crippen LogP contribution >= 0.6 is 12.4 Å². The fourth-order valence-corrected chi connectivity index (χ4v) is 2.98. The average molecular weight is 325 g/mol. The van der Waals surface area contributed by atoms with E-state index in [9.17, 15) is 4.79 Å². The SMILES string of the molecule is CC[C@H](N)C(=O)N1CCC(CCc2ccc(C)cc2)CC1.Cl. The zero-order valence-electron chi connectivity index (χ0n) is 13.8. The van der Waals surface area contributed by atoms with Gasteiger partial charge in [-0.25, -0.2) is 0 Å². The molecule has 124 valence electrons. The largest absolute Gasteiger partial charge is 0.341 e. The number of hydrogen-bond acceptors (Lipinski definition) is 2. The molecule has 1 aromatic rings. The van der Waals surface area contributed by atoms with Gasteiger partial charge in [0.25, 0.3) is 0 Å². The molecule has 1 aliphatic heterocycles. The maximum Gasteiger partial charge on any atom is 0.239 e. The molecule has 22 heavy (non-hydrogen) atoms. The number of aryl methyl sites for hydroxylation is 2. The Balaban J connectivity index is 0.00000242. The second-order valence-corrected chi connectivity index (χ2v) is 6.31. The molecule has 0 saturated carbocycles. The summed E-state index contributed by atoms with van der Waals surface area (Å²) in [6.45, 7) is 5.85. The molecule has 1 amide bonds. The Hall–Kier alpha value is -1.06. The van der Waals surface area contributed by atoms with Crippen LogP contribution in [0.2, 0.25) is 0 Å². The number of amides is 1. The second kappa shape index (κ2) is 9.16. The van der Waals surface area contributed by atoms with Crippen LogP contribution in [-0.2, 0) is 11.2 Å². The smallest absolute Gasteiger partial charge is 0.239 e. The van der Waals surface area contributed by atoms with Gasteiger partial charge in [0.15, 0.2) is 0 Å². The molecule has 1 atom stereocenters. The molecule has 0 bridgehead atoms. The maximum absolute atomic E-state index is 12.0. The topological polar surface area (TPSA) is 46.3 Å². The molecule has 1 aromatic carbocycles. The number of hydrogen-bond donors (Lipinski definition) is 1. The van der Waals surface area contributed by atoms with Gasteiger partial charge in [-0.05, 0) is 50.5 Å². The third kappa shape index (κ3) is 5.29. The molecule has 0 unspecified atom stereocenters. The Morgan fingerprint density at radius 2 is 1.86 bits per heavy atom. The summed E-state index contributed by atoms with van der Waals surface area (Å²) >= 11 is 0. The van der Waals surface area contributed by atoms with Crippen LogP contribution in [0, 0.1) is 12.8 Å². The summed E-state index contributed by atoms with van der Waals surface area (Å²) < 4.78 is 0. The number of likely N-dealkylation sites (tertiary alicyclic amines) is 1. The molecule has 4 heteroatoms. The van der Waals surface area contributed by atoms with Crippen molar-refractivity contribution >= 4 is 18.3 Å². The number of halogens is 1. The third-order valence-electron chi connectivity index (χ3n) is 4.65. The van der Waals surface area contributed by atoms with Gasteiger partial charge in [0.05, 0.1) is 6.04 Å². The first kappa shape index (κ1) is 19.0. The van der Waals surface area contributed by atoms with E-state index >= 15 is 0 Å². The van der Waals surface area contributed by atoms with Gasteiger partial charge < -0.3 is 10.6 Å². The third-order valence-corrected chi connectivity index (χ3v) is 4.65. The molecule has 2 rings (SSSR count). The van der Waals surface area contributed by atoms with E-state index in [0.717, 1.165) is 44.7 Å².